The van der Waals surface area contributed by atoms with Crippen molar-refractivity contribution in [1.29, 1.82) is 0 Å². The van der Waals surface area contributed by atoms with Gasteiger partial charge in [0.1, 0.15) is 6.61 Å². The highest BCUT2D eigenvalue weighted by Gasteiger charge is 2.09. The SMILES string of the molecule is COc1cc(/C=N\NC(=O)c2ccc(C)cc2Cl)ccc1OCc1ccc(Br)cc1. The van der Waals surface area contributed by atoms with Crippen LogP contribution < -0.4 is 14.9 Å². The Kier molecular flexibility index (Phi) is 7.49. The summed E-state index contributed by atoms with van der Waals surface area (Å²) in [5, 5.41) is 4.39. The van der Waals surface area contributed by atoms with Gasteiger partial charge < -0.3 is 9.47 Å². The lowest BCUT2D eigenvalue weighted by molar-refractivity contribution is 0.0955. The first-order chi connectivity index (χ1) is 14.5. The van der Waals surface area contributed by atoms with E-state index in [0.29, 0.717) is 28.7 Å². The lowest BCUT2D eigenvalue weighted by atomic mass is 10.1. The van der Waals surface area contributed by atoms with Crippen molar-refractivity contribution >= 4 is 39.7 Å². The number of halogens is 2. The Morgan fingerprint density at radius 1 is 1.10 bits per heavy atom. The van der Waals surface area contributed by atoms with E-state index in [1.54, 1.807) is 31.4 Å². The van der Waals surface area contributed by atoms with Gasteiger partial charge in [0.25, 0.3) is 5.91 Å². The standard InChI is InChI=1S/C23H20BrClN2O3/c1-15-3-9-19(20(25)11-15)23(28)27-26-13-17-6-10-21(22(12-17)29-2)30-14-16-4-7-18(24)8-5-16/h3-13H,14H2,1-2H3,(H,27,28)/b26-13-. The molecule has 7 heteroatoms. The number of hydrogen-bond donors (Lipinski definition) is 1. The van der Waals surface area contributed by atoms with Crippen LogP contribution in [0.25, 0.3) is 0 Å². The van der Waals surface area contributed by atoms with Crippen molar-refractivity contribution in [2.75, 3.05) is 7.11 Å². The highest BCUT2D eigenvalue weighted by molar-refractivity contribution is 9.10. The molecular formula is C23H20BrClN2O3. The summed E-state index contributed by atoms with van der Waals surface area (Å²) in [6.45, 7) is 2.33. The molecule has 5 nitrogen and oxygen atoms in total. The van der Waals surface area contributed by atoms with Crippen molar-refractivity contribution in [3.8, 4) is 11.5 Å². The van der Waals surface area contributed by atoms with Crippen LogP contribution >= 0.6 is 27.5 Å². The lowest BCUT2D eigenvalue weighted by Crippen LogP contribution is -2.18. The van der Waals surface area contributed by atoms with Crippen molar-refractivity contribution in [3.63, 3.8) is 0 Å². The van der Waals surface area contributed by atoms with Crippen molar-refractivity contribution < 1.29 is 14.3 Å². The number of hydrogen-bond acceptors (Lipinski definition) is 4. The second-order valence-electron chi connectivity index (χ2n) is 6.51. The van der Waals surface area contributed by atoms with Gasteiger partial charge in [-0.05, 0) is 66.1 Å². The fourth-order valence-corrected chi connectivity index (χ4v) is 3.24. The summed E-state index contributed by atoms with van der Waals surface area (Å²) < 4.78 is 12.3. The highest BCUT2D eigenvalue weighted by Crippen LogP contribution is 2.28. The maximum absolute atomic E-state index is 12.2. The van der Waals surface area contributed by atoms with E-state index in [2.05, 4.69) is 26.5 Å². The van der Waals surface area contributed by atoms with Crippen LogP contribution in [0, 0.1) is 6.92 Å². The zero-order chi connectivity index (χ0) is 21.5. The van der Waals surface area contributed by atoms with Crippen LogP contribution in [0.2, 0.25) is 5.02 Å². The molecule has 3 aromatic rings. The van der Waals surface area contributed by atoms with E-state index < -0.39 is 0 Å². The molecule has 0 aliphatic carbocycles. The van der Waals surface area contributed by atoms with Gasteiger partial charge in [-0.2, -0.15) is 5.10 Å². The van der Waals surface area contributed by atoms with Crippen molar-refractivity contribution in [3.05, 3.63) is 92.4 Å². The maximum atomic E-state index is 12.2. The van der Waals surface area contributed by atoms with Crippen LogP contribution in [0.3, 0.4) is 0 Å². The van der Waals surface area contributed by atoms with Crippen molar-refractivity contribution in [1.82, 2.24) is 5.43 Å². The predicted octanol–water partition coefficient (Wildman–Crippen LogP) is 5.76. The molecule has 1 amide bonds. The summed E-state index contributed by atoms with van der Waals surface area (Å²) in [7, 11) is 1.57. The second kappa shape index (κ2) is 10.3. The van der Waals surface area contributed by atoms with E-state index in [1.165, 1.54) is 6.21 Å². The van der Waals surface area contributed by atoms with E-state index in [0.717, 1.165) is 21.2 Å². The van der Waals surface area contributed by atoms with Gasteiger partial charge in [0.15, 0.2) is 11.5 Å². The minimum atomic E-state index is -0.377. The number of rotatable bonds is 7. The Morgan fingerprint density at radius 3 is 2.57 bits per heavy atom. The molecule has 0 radical (unpaired) electrons. The largest absolute Gasteiger partial charge is 0.493 e. The van der Waals surface area contributed by atoms with Crippen LogP contribution in [-0.2, 0) is 6.61 Å². The molecule has 0 spiro atoms. The van der Waals surface area contributed by atoms with Gasteiger partial charge in [-0.15, -0.1) is 0 Å². The lowest BCUT2D eigenvalue weighted by Gasteiger charge is -2.11. The molecule has 0 unspecified atom stereocenters. The van der Waals surface area contributed by atoms with Crippen LogP contribution in [0.5, 0.6) is 11.5 Å². The van der Waals surface area contributed by atoms with Crippen LogP contribution in [0.1, 0.15) is 27.0 Å². The first-order valence-electron chi connectivity index (χ1n) is 9.11. The van der Waals surface area contributed by atoms with Crippen LogP contribution in [0.15, 0.2) is 70.2 Å². The molecule has 0 aliphatic rings. The number of methoxy groups -OCH3 is 1. The highest BCUT2D eigenvalue weighted by atomic mass is 79.9. The average Bonchev–Trinajstić information content (AvgIpc) is 2.73. The Balaban J connectivity index is 1.63. The first kappa shape index (κ1) is 21.9. The van der Waals surface area contributed by atoms with Gasteiger partial charge in [0.05, 0.1) is 23.9 Å². The zero-order valence-electron chi connectivity index (χ0n) is 16.5. The third-order valence-electron chi connectivity index (χ3n) is 4.24. The number of aryl methyl sites for hydroxylation is 1. The molecule has 0 fully saturated rings. The van der Waals surface area contributed by atoms with Gasteiger partial charge >= 0.3 is 0 Å². The van der Waals surface area contributed by atoms with Gasteiger partial charge in [-0.3, -0.25) is 4.79 Å². The number of carbonyl (C=O) groups excluding carboxylic acids is 1. The molecular weight excluding hydrogens is 468 g/mol. The fourth-order valence-electron chi connectivity index (χ4n) is 2.66. The van der Waals surface area contributed by atoms with Gasteiger partial charge in [0.2, 0.25) is 0 Å². The van der Waals surface area contributed by atoms with E-state index in [4.69, 9.17) is 21.1 Å². The number of nitrogens with zero attached hydrogens (tertiary/aromatic N) is 1. The van der Waals surface area contributed by atoms with Gasteiger partial charge in [0, 0.05) is 4.47 Å². The number of carbonyl (C=O) groups is 1. The number of hydrazone groups is 1. The van der Waals surface area contributed by atoms with Gasteiger partial charge in [-0.1, -0.05) is 45.7 Å². The number of benzene rings is 3. The topological polar surface area (TPSA) is 59.9 Å². The molecule has 0 aromatic heterocycles. The normalized spacial score (nSPS) is 10.8. The molecule has 0 atom stereocenters. The zero-order valence-corrected chi connectivity index (χ0v) is 18.8. The first-order valence-corrected chi connectivity index (χ1v) is 10.3. The van der Waals surface area contributed by atoms with Crippen LogP contribution in [-0.4, -0.2) is 19.2 Å². The van der Waals surface area contributed by atoms with Crippen molar-refractivity contribution in [2.45, 2.75) is 13.5 Å². The maximum Gasteiger partial charge on any atom is 0.272 e. The molecule has 0 aliphatic heterocycles. The molecule has 30 heavy (non-hydrogen) atoms. The molecule has 0 bridgehead atoms. The number of ether oxygens (including phenoxy) is 2. The smallest absolute Gasteiger partial charge is 0.272 e. The molecule has 0 heterocycles. The van der Waals surface area contributed by atoms with Crippen LogP contribution in [0.4, 0.5) is 0 Å². The minimum Gasteiger partial charge on any atom is -0.493 e. The van der Waals surface area contributed by atoms with Gasteiger partial charge in [-0.25, -0.2) is 5.43 Å². The fraction of sp³-hybridized carbons (Fsp3) is 0.130. The van der Waals surface area contributed by atoms with E-state index in [1.807, 2.05) is 43.3 Å². The summed E-state index contributed by atoms with van der Waals surface area (Å²) in [6, 6.07) is 18.5. The summed E-state index contributed by atoms with van der Waals surface area (Å²) in [4.78, 5) is 12.2. The molecule has 3 rings (SSSR count). The van der Waals surface area contributed by atoms with E-state index in [9.17, 15) is 4.79 Å². The summed E-state index contributed by atoms with van der Waals surface area (Å²) >= 11 is 9.53. The quantitative estimate of drug-likeness (QED) is 0.340. The number of nitrogens with one attached hydrogen (secondary N) is 1. The third kappa shape index (κ3) is 5.84. The Bertz CT molecular complexity index is 1070. The Morgan fingerprint density at radius 2 is 1.87 bits per heavy atom. The molecule has 3 aromatic carbocycles. The minimum absolute atomic E-state index is 0.369. The molecule has 0 saturated carbocycles. The predicted molar refractivity (Wildman–Crippen MR) is 123 cm³/mol. The van der Waals surface area contributed by atoms with E-state index >= 15 is 0 Å². The Hall–Kier alpha value is -2.83. The summed E-state index contributed by atoms with van der Waals surface area (Å²) in [5.74, 6) is 0.815. The summed E-state index contributed by atoms with van der Waals surface area (Å²) in [5.41, 5.74) is 5.62. The molecule has 1 N–H and O–H groups in total. The Labute approximate surface area is 188 Å². The average molecular weight is 488 g/mol. The second-order valence-corrected chi connectivity index (χ2v) is 7.83. The number of amides is 1. The summed E-state index contributed by atoms with van der Waals surface area (Å²) in [6.07, 6.45) is 1.53. The molecule has 154 valence electrons. The van der Waals surface area contributed by atoms with Crippen molar-refractivity contribution in [2.24, 2.45) is 5.10 Å². The monoisotopic (exact) mass is 486 g/mol. The molecule has 0 saturated heterocycles. The third-order valence-corrected chi connectivity index (χ3v) is 5.09. The van der Waals surface area contributed by atoms with E-state index in [-0.39, 0.29) is 5.91 Å².